The third-order valence-electron chi connectivity index (χ3n) is 2.19. The SMILES string of the molecule is NC(=O)c1cc(N)cnc1N(CCO)CC(F)(F)F. The van der Waals surface area contributed by atoms with Crippen molar-refractivity contribution in [2.75, 3.05) is 30.3 Å². The largest absolute Gasteiger partial charge is 0.405 e. The van der Waals surface area contributed by atoms with Crippen molar-refractivity contribution in [3.05, 3.63) is 17.8 Å². The van der Waals surface area contributed by atoms with E-state index >= 15 is 0 Å². The van der Waals surface area contributed by atoms with Gasteiger partial charge in [-0.25, -0.2) is 4.98 Å². The number of anilines is 2. The number of rotatable bonds is 5. The van der Waals surface area contributed by atoms with Gasteiger partial charge in [-0.05, 0) is 6.07 Å². The second kappa shape index (κ2) is 5.74. The number of hydrogen-bond acceptors (Lipinski definition) is 5. The minimum Gasteiger partial charge on any atom is -0.397 e. The van der Waals surface area contributed by atoms with Gasteiger partial charge in [0.25, 0.3) is 5.91 Å². The van der Waals surface area contributed by atoms with E-state index in [4.69, 9.17) is 16.6 Å². The number of aliphatic hydroxyl groups is 1. The Kier molecular flexibility index (Phi) is 4.54. The fourth-order valence-electron chi connectivity index (χ4n) is 1.50. The van der Waals surface area contributed by atoms with Crippen LogP contribution in [0.3, 0.4) is 0 Å². The molecule has 0 aliphatic carbocycles. The highest BCUT2D eigenvalue weighted by molar-refractivity contribution is 5.98. The molecule has 1 heterocycles. The molecule has 0 saturated heterocycles. The summed E-state index contributed by atoms with van der Waals surface area (Å²) in [6.07, 6.45) is -3.39. The Bertz CT molecular complexity index is 465. The van der Waals surface area contributed by atoms with Gasteiger partial charge in [-0.1, -0.05) is 0 Å². The highest BCUT2D eigenvalue weighted by atomic mass is 19.4. The average molecular weight is 278 g/mol. The Hall–Kier alpha value is -2.03. The van der Waals surface area contributed by atoms with Gasteiger partial charge in [0.2, 0.25) is 0 Å². The summed E-state index contributed by atoms with van der Waals surface area (Å²) < 4.78 is 37.3. The van der Waals surface area contributed by atoms with Crippen molar-refractivity contribution < 1.29 is 23.1 Å². The molecule has 0 radical (unpaired) electrons. The minimum absolute atomic E-state index is 0.105. The number of amides is 1. The number of aliphatic hydroxyl groups excluding tert-OH is 1. The summed E-state index contributed by atoms with van der Waals surface area (Å²) >= 11 is 0. The Morgan fingerprint density at radius 1 is 1.47 bits per heavy atom. The van der Waals surface area contributed by atoms with Gasteiger partial charge in [0.15, 0.2) is 0 Å². The van der Waals surface area contributed by atoms with Crippen LogP contribution >= 0.6 is 0 Å². The summed E-state index contributed by atoms with van der Waals surface area (Å²) in [5.74, 6) is -1.20. The van der Waals surface area contributed by atoms with Crippen LogP contribution in [0.1, 0.15) is 10.4 Å². The number of halogens is 3. The van der Waals surface area contributed by atoms with Crippen molar-refractivity contribution in [1.29, 1.82) is 0 Å². The van der Waals surface area contributed by atoms with Gasteiger partial charge >= 0.3 is 6.18 Å². The van der Waals surface area contributed by atoms with Crippen LogP contribution in [0.15, 0.2) is 12.3 Å². The molecular weight excluding hydrogens is 265 g/mol. The molecule has 1 aromatic heterocycles. The molecule has 0 saturated carbocycles. The zero-order valence-corrected chi connectivity index (χ0v) is 9.81. The van der Waals surface area contributed by atoms with E-state index in [1.165, 1.54) is 0 Å². The number of carbonyl (C=O) groups is 1. The highest BCUT2D eigenvalue weighted by Gasteiger charge is 2.32. The number of primary amides is 1. The predicted molar refractivity (Wildman–Crippen MR) is 62.5 cm³/mol. The third-order valence-corrected chi connectivity index (χ3v) is 2.19. The van der Waals surface area contributed by atoms with Crippen molar-refractivity contribution in [3.8, 4) is 0 Å². The number of carbonyl (C=O) groups excluding carboxylic acids is 1. The molecule has 6 nitrogen and oxygen atoms in total. The molecule has 0 aromatic carbocycles. The lowest BCUT2D eigenvalue weighted by atomic mass is 10.2. The number of pyridine rings is 1. The Morgan fingerprint density at radius 2 is 2.11 bits per heavy atom. The third kappa shape index (κ3) is 4.28. The molecule has 0 aliphatic rings. The molecular formula is C10H13F3N4O2. The molecule has 19 heavy (non-hydrogen) atoms. The van der Waals surface area contributed by atoms with E-state index in [-0.39, 0.29) is 23.6 Å². The average Bonchev–Trinajstić information content (AvgIpc) is 2.26. The summed E-state index contributed by atoms with van der Waals surface area (Å²) in [4.78, 5) is 15.6. The van der Waals surface area contributed by atoms with Gasteiger partial charge in [0.1, 0.15) is 12.4 Å². The number of aromatic nitrogens is 1. The van der Waals surface area contributed by atoms with Gasteiger partial charge in [0.05, 0.1) is 24.1 Å². The maximum Gasteiger partial charge on any atom is 0.405 e. The Labute approximate surface area is 106 Å². The van der Waals surface area contributed by atoms with Crippen LogP contribution in [0.4, 0.5) is 24.7 Å². The number of hydrogen-bond donors (Lipinski definition) is 3. The summed E-state index contributed by atoms with van der Waals surface area (Å²) in [6.45, 7) is -2.22. The fraction of sp³-hybridized carbons (Fsp3) is 0.400. The summed E-state index contributed by atoms with van der Waals surface area (Å²) in [6, 6.07) is 1.14. The van der Waals surface area contributed by atoms with Crippen molar-refractivity contribution in [1.82, 2.24) is 4.98 Å². The van der Waals surface area contributed by atoms with Gasteiger partial charge in [0, 0.05) is 6.54 Å². The molecule has 0 unspecified atom stereocenters. The lowest BCUT2D eigenvalue weighted by molar-refractivity contribution is -0.120. The molecule has 5 N–H and O–H groups in total. The predicted octanol–water partition coefficient (Wildman–Crippen LogP) is 0.124. The molecule has 106 valence electrons. The second-order valence-corrected chi connectivity index (χ2v) is 3.76. The van der Waals surface area contributed by atoms with Crippen molar-refractivity contribution in [2.45, 2.75) is 6.18 Å². The van der Waals surface area contributed by atoms with E-state index < -0.39 is 25.2 Å². The Morgan fingerprint density at radius 3 is 2.58 bits per heavy atom. The molecule has 1 aromatic rings. The zero-order chi connectivity index (χ0) is 14.6. The molecule has 0 aliphatic heterocycles. The van der Waals surface area contributed by atoms with Crippen LogP contribution in [0, 0.1) is 0 Å². The fourth-order valence-corrected chi connectivity index (χ4v) is 1.50. The van der Waals surface area contributed by atoms with E-state index in [9.17, 15) is 18.0 Å². The van der Waals surface area contributed by atoms with Gasteiger partial charge in [-0.3, -0.25) is 4.79 Å². The summed E-state index contributed by atoms with van der Waals surface area (Å²) in [5, 5.41) is 8.80. The van der Waals surface area contributed by atoms with Crippen LogP contribution in [-0.2, 0) is 0 Å². The van der Waals surface area contributed by atoms with Crippen LogP contribution in [0.2, 0.25) is 0 Å². The molecule has 9 heteroatoms. The van der Waals surface area contributed by atoms with Crippen molar-refractivity contribution in [2.24, 2.45) is 5.73 Å². The minimum atomic E-state index is -4.51. The molecule has 0 atom stereocenters. The quantitative estimate of drug-likeness (QED) is 0.709. The van der Waals surface area contributed by atoms with Gasteiger partial charge in [-0.15, -0.1) is 0 Å². The first-order valence-corrected chi connectivity index (χ1v) is 5.22. The molecule has 0 bridgehead atoms. The van der Waals surface area contributed by atoms with Crippen molar-refractivity contribution >= 4 is 17.4 Å². The van der Waals surface area contributed by atoms with E-state index in [1.807, 2.05) is 0 Å². The smallest absolute Gasteiger partial charge is 0.397 e. The summed E-state index contributed by atoms with van der Waals surface area (Å²) in [5.41, 5.74) is 10.4. The van der Waals surface area contributed by atoms with Crippen LogP contribution in [0.25, 0.3) is 0 Å². The van der Waals surface area contributed by atoms with Crippen LogP contribution in [0.5, 0.6) is 0 Å². The first-order chi connectivity index (χ1) is 8.74. The monoisotopic (exact) mass is 278 g/mol. The standard InChI is InChI=1S/C10H13F3N4O2/c11-10(12,13)5-17(1-2-18)9-7(8(15)19)3-6(14)4-16-9/h3-4,18H,1-2,5,14H2,(H2,15,19). The van der Waals surface area contributed by atoms with Crippen LogP contribution < -0.4 is 16.4 Å². The molecule has 0 spiro atoms. The zero-order valence-electron chi connectivity index (χ0n) is 9.81. The molecule has 1 amide bonds. The number of nitrogens with zero attached hydrogens (tertiary/aromatic N) is 2. The normalized spacial score (nSPS) is 11.4. The van der Waals surface area contributed by atoms with E-state index in [1.54, 1.807) is 0 Å². The maximum absolute atomic E-state index is 12.4. The molecule has 1 rings (SSSR count). The van der Waals surface area contributed by atoms with Crippen LogP contribution in [-0.4, -0.2) is 41.9 Å². The molecule has 0 fully saturated rings. The van der Waals surface area contributed by atoms with E-state index in [0.29, 0.717) is 0 Å². The first-order valence-electron chi connectivity index (χ1n) is 5.22. The number of nitrogens with two attached hydrogens (primary N) is 2. The Balaban J connectivity index is 3.18. The topological polar surface area (TPSA) is 105 Å². The highest BCUT2D eigenvalue weighted by Crippen LogP contribution is 2.24. The summed E-state index contributed by atoms with van der Waals surface area (Å²) in [7, 11) is 0. The van der Waals surface area contributed by atoms with E-state index in [2.05, 4.69) is 4.98 Å². The van der Waals surface area contributed by atoms with E-state index in [0.717, 1.165) is 17.2 Å². The first kappa shape index (κ1) is 15.0. The van der Waals surface area contributed by atoms with Gasteiger partial charge in [-0.2, -0.15) is 13.2 Å². The van der Waals surface area contributed by atoms with Crippen molar-refractivity contribution in [3.63, 3.8) is 0 Å². The number of alkyl halides is 3. The lowest BCUT2D eigenvalue weighted by Gasteiger charge is -2.25. The number of nitrogen functional groups attached to an aromatic ring is 1. The lowest BCUT2D eigenvalue weighted by Crippen LogP contribution is -2.38. The maximum atomic E-state index is 12.4. The van der Waals surface area contributed by atoms with Gasteiger partial charge < -0.3 is 21.5 Å². The second-order valence-electron chi connectivity index (χ2n) is 3.76.